The van der Waals surface area contributed by atoms with Gasteiger partial charge in [0.25, 0.3) is 0 Å². The summed E-state index contributed by atoms with van der Waals surface area (Å²) in [6.45, 7) is 0. The van der Waals surface area contributed by atoms with E-state index in [-0.39, 0.29) is 0 Å². The minimum absolute atomic E-state index is 0.662. The van der Waals surface area contributed by atoms with Gasteiger partial charge in [-0.3, -0.25) is 0 Å². The minimum Gasteiger partial charge on any atom is -0.309 e. The summed E-state index contributed by atoms with van der Waals surface area (Å²) in [5.41, 5.74) is 11.2. The summed E-state index contributed by atoms with van der Waals surface area (Å²) >= 11 is 1.79. The second-order valence-electron chi connectivity index (χ2n) is 14.0. The van der Waals surface area contributed by atoms with Crippen molar-refractivity contribution in [3.8, 4) is 62.1 Å². The molecule has 3 heterocycles. The van der Waals surface area contributed by atoms with Gasteiger partial charge in [0.05, 0.1) is 11.0 Å². The van der Waals surface area contributed by atoms with E-state index >= 15 is 0 Å². The Labute approximate surface area is 327 Å². The summed E-state index contributed by atoms with van der Waals surface area (Å²) in [7, 11) is 0. The van der Waals surface area contributed by atoms with E-state index in [4.69, 9.17) is 15.0 Å². The van der Waals surface area contributed by atoms with Crippen LogP contribution in [0.2, 0.25) is 0 Å². The third-order valence-corrected chi connectivity index (χ3v) is 11.9. The second kappa shape index (κ2) is 13.3. The smallest absolute Gasteiger partial charge is 0.165 e. The van der Waals surface area contributed by atoms with Crippen molar-refractivity contribution in [2.24, 2.45) is 0 Å². The lowest BCUT2D eigenvalue weighted by atomic mass is 10.0. The summed E-state index contributed by atoms with van der Waals surface area (Å²) in [6.07, 6.45) is 0. The first-order valence-electron chi connectivity index (χ1n) is 18.8. The Morgan fingerprint density at radius 1 is 0.339 bits per heavy atom. The third-order valence-electron chi connectivity index (χ3n) is 10.7. The fraction of sp³-hybridized carbons (Fsp3) is 0. The molecule has 0 saturated heterocycles. The van der Waals surface area contributed by atoms with Crippen LogP contribution in [-0.4, -0.2) is 19.5 Å². The fourth-order valence-corrected chi connectivity index (χ4v) is 9.14. The number of thiophene rings is 1. The zero-order valence-electron chi connectivity index (χ0n) is 30.2. The highest BCUT2D eigenvalue weighted by atomic mass is 32.1. The summed E-state index contributed by atoms with van der Waals surface area (Å²) in [5.74, 6) is 2.00. The Bertz CT molecular complexity index is 3160. The zero-order valence-corrected chi connectivity index (χ0v) is 31.0. The van der Waals surface area contributed by atoms with Crippen molar-refractivity contribution in [1.82, 2.24) is 19.5 Å². The lowest BCUT2D eigenvalue weighted by Gasteiger charge is -2.10. The zero-order chi connectivity index (χ0) is 37.0. The molecule has 0 atom stereocenters. The molecule has 11 aromatic rings. The number of aromatic nitrogens is 4. The van der Waals surface area contributed by atoms with Crippen LogP contribution in [0.3, 0.4) is 0 Å². The Hall–Kier alpha value is -7.21. The first-order chi connectivity index (χ1) is 27.7. The fourth-order valence-electron chi connectivity index (χ4n) is 7.95. The highest BCUT2D eigenvalue weighted by molar-refractivity contribution is 7.26. The van der Waals surface area contributed by atoms with E-state index in [1.807, 2.05) is 60.7 Å². The molecule has 0 fully saturated rings. The van der Waals surface area contributed by atoms with Crippen LogP contribution in [0, 0.1) is 0 Å². The molecule has 0 aliphatic rings. The molecular formula is C51H32N4S. The number of para-hydroxylation sites is 1. The van der Waals surface area contributed by atoms with Crippen molar-refractivity contribution in [3.05, 3.63) is 194 Å². The van der Waals surface area contributed by atoms with Crippen molar-refractivity contribution in [3.63, 3.8) is 0 Å². The maximum atomic E-state index is 5.07. The number of fused-ring (bicyclic) bond motifs is 6. The Morgan fingerprint density at radius 2 is 0.875 bits per heavy atom. The van der Waals surface area contributed by atoms with Gasteiger partial charge >= 0.3 is 0 Å². The number of nitrogens with zero attached hydrogens (tertiary/aromatic N) is 4. The van der Waals surface area contributed by atoms with E-state index in [1.165, 1.54) is 64.2 Å². The topological polar surface area (TPSA) is 43.6 Å². The predicted molar refractivity (Wildman–Crippen MR) is 234 cm³/mol. The Morgan fingerprint density at radius 3 is 1.59 bits per heavy atom. The van der Waals surface area contributed by atoms with E-state index < -0.39 is 0 Å². The van der Waals surface area contributed by atoms with Crippen molar-refractivity contribution in [1.29, 1.82) is 0 Å². The maximum Gasteiger partial charge on any atom is 0.165 e. The number of hydrogen-bond donors (Lipinski definition) is 0. The molecule has 0 amide bonds. The predicted octanol–water partition coefficient (Wildman–Crippen LogP) is 13.7. The largest absolute Gasteiger partial charge is 0.309 e. The maximum absolute atomic E-state index is 5.07. The van der Waals surface area contributed by atoms with Crippen LogP contribution >= 0.6 is 11.3 Å². The van der Waals surface area contributed by atoms with Gasteiger partial charge in [0, 0.05) is 53.3 Å². The van der Waals surface area contributed by atoms with Crippen LogP contribution in [0.5, 0.6) is 0 Å². The lowest BCUT2D eigenvalue weighted by Crippen LogP contribution is -2.00. The molecule has 56 heavy (non-hydrogen) atoms. The second-order valence-corrected chi connectivity index (χ2v) is 15.1. The van der Waals surface area contributed by atoms with Gasteiger partial charge in [-0.25, -0.2) is 15.0 Å². The molecule has 0 unspecified atom stereocenters. The number of benzene rings is 8. The molecule has 3 aromatic heterocycles. The Kier molecular flexibility index (Phi) is 7.64. The van der Waals surface area contributed by atoms with Gasteiger partial charge in [-0.05, 0) is 64.7 Å². The van der Waals surface area contributed by atoms with Crippen molar-refractivity contribution >= 4 is 53.3 Å². The first kappa shape index (κ1) is 32.2. The van der Waals surface area contributed by atoms with Crippen LogP contribution in [0.1, 0.15) is 0 Å². The highest BCUT2D eigenvalue weighted by Gasteiger charge is 2.18. The van der Waals surface area contributed by atoms with Gasteiger partial charge in [-0.15, -0.1) is 11.3 Å². The SMILES string of the molecule is c1ccc(-c2ccc(-n3c4ccccc4c4ccc(-c5ccc6sc7c(-c8nc(-c9ccccc9)nc(-c9ccccc9)n8)cccc7c6c5)cc43)cc2)cc1. The molecule has 0 N–H and O–H groups in total. The molecule has 0 aliphatic heterocycles. The van der Waals surface area contributed by atoms with Crippen LogP contribution in [0.4, 0.5) is 0 Å². The van der Waals surface area contributed by atoms with Crippen LogP contribution in [0.25, 0.3) is 104 Å². The summed E-state index contributed by atoms with van der Waals surface area (Å²) in [6, 6.07) is 68.7. The van der Waals surface area contributed by atoms with Crippen molar-refractivity contribution < 1.29 is 0 Å². The van der Waals surface area contributed by atoms with Crippen LogP contribution in [0.15, 0.2) is 194 Å². The van der Waals surface area contributed by atoms with Crippen molar-refractivity contribution in [2.75, 3.05) is 0 Å². The van der Waals surface area contributed by atoms with E-state index in [0.29, 0.717) is 17.5 Å². The van der Waals surface area contributed by atoms with E-state index in [2.05, 4.69) is 138 Å². The third kappa shape index (κ3) is 5.48. The van der Waals surface area contributed by atoms with Gasteiger partial charge in [-0.2, -0.15) is 0 Å². The molecule has 0 radical (unpaired) electrons. The molecule has 0 saturated carbocycles. The molecule has 262 valence electrons. The van der Waals surface area contributed by atoms with Gasteiger partial charge in [-0.1, -0.05) is 152 Å². The quantitative estimate of drug-likeness (QED) is 0.171. The first-order valence-corrected chi connectivity index (χ1v) is 19.6. The summed E-state index contributed by atoms with van der Waals surface area (Å²) < 4.78 is 4.79. The van der Waals surface area contributed by atoms with E-state index in [9.17, 15) is 0 Å². The monoisotopic (exact) mass is 732 g/mol. The van der Waals surface area contributed by atoms with E-state index in [1.54, 1.807) is 11.3 Å². The lowest BCUT2D eigenvalue weighted by molar-refractivity contribution is 1.08. The van der Waals surface area contributed by atoms with E-state index in [0.717, 1.165) is 22.4 Å². The van der Waals surface area contributed by atoms with Gasteiger partial charge in [0.2, 0.25) is 0 Å². The average Bonchev–Trinajstić information content (AvgIpc) is 3.82. The Balaban J connectivity index is 1.04. The molecule has 4 nitrogen and oxygen atoms in total. The van der Waals surface area contributed by atoms with Crippen molar-refractivity contribution in [2.45, 2.75) is 0 Å². The normalized spacial score (nSPS) is 11.6. The number of hydrogen-bond acceptors (Lipinski definition) is 4. The van der Waals surface area contributed by atoms with Gasteiger partial charge < -0.3 is 4.57 Å². The average molecular weight is 733 g/mol. The molecule has 0 bridgehead atoms. The molecular weight excluding hydrogens is 701 g/mol. The molecule has 5 heteroatoms. The van der Waals surface area contributed by atoms with Crippen LogP contribution < -0.4 is 0 Å². The van der Waals surface area contributed by atoms with Gasteiger partial charge in [0.15, 0.2) is 17.5 Å². The summed E-state index contributed by atoms with van der Waals surface area (Å²) in [5, 5.41) is 4.91. The van der Waals surface area contributed by atoms with Crippen LogP contribution in [-0.2, 0) is 0 Å². The highest BCUT2D eigenvalue weighted by Crippen LogP contribution is 2.42. The number of rotatable bonds is 6. The minimum atomic E-state index is 0.662. The molecule has 0 spiro atoms. The molecule has 0 aliphatic carbocycles. The standard InChI is InChI=1S/C51H32N4S/c1-4-13-33(14-5-1)34-23-27-39(28-24-34)55-45-22-11-10-19-40(45)41-29-25-38(32-46(41)55)37-26-30-47-44(31-37)42-20-12-21-43(48(42)56-47)51-53-49(35-15-6-2-7-16-35)52-50(54-51)36-17-8-3-9-18-36/h1-32H. The summed E-state index contributed by atoms with van der Waals surface area (Å²) in [4.78, 5) is 15.1. The van der Waals surface area contributed by atoms with Gasteiger partial charge in [0.1, 0.15) is 0 Å². The molecule has 8 aromatic carbocycles. The molecule has 11 rings (SSSR count).